The van der Waals surface area contributed by atoms with Crippen LogP contribution in [0.2, 0.25) is 0 Å². The van der Waals surface area contributed by atoms with E-state index in [2.05, 4.69) is 13.8 Å². The summed E-state index contributed by atoms with van der Waals surface area (Å²) in [6.45, 7) is 8.20. The molecule has 2 atom stereocenters. The van der Waals surface area contributed by atoms with Crippen molar-refractivity contribution in [2.45, 2.75) is 52.9 Å². The lowest BCUT2D eigenvalue weighted by molar-refractivity contribution is -0.165. The monoisotopic (exact) mass is 334 g/mol. The largest absolute Gasteiger partial charge is 0.465 e. The number of carbonyl (C=O) groups is 2. The predicted molar refractivity (Wildman–Crippen MR) is 94.6 cm³/mol. The minimum absolute atomic E-state index is 0.0663. The molecule has 0 aliphatic rings. The lowest BCUT2D eigenvalue weighted by Crippen LogP contribution is -2.37. The highest BCUT2D eigenvalue weighted by Gasteiger charge is 2.40. The SMILES string of the molecule is CCCC[C@@H](C(C(=O)OCC)C(=O)OCC)[C@H](C)c1ccccc1. The number of esters is 2. The van der Waals surface area contributed by atoms with E-state index in [1.165, 1.54) is 0 Å². The van der Waals surface area contributed by atoms with Crippen molar-refractivity contribution >= 4 is 11.9 Å². The molecule has 0 heterocycles. The van der Waals surface area contributed by atoms with Gasteiger partial charge in [-0.3, -0.25) is 9.59 Å². The van der Waals surface area contributed by atoms with Crippen LogP contribution in [-0.2, 0) is 19.1 Å². The number of hydrogen-bond acceptors (Lipinski definition) is 4. The van der Waals surface area contributed by atoms with Crippen LogP contribution in [-0.4, -0.2) is 25.2 Å². The van der Waals surface area contributed by atoms with Gasteiger partial charge in [0, 0.05) is 0 Å². The van der Waals surface area contributed by atoms with E-state index >= 15 is 0 Å². The van der Waals surface area contributed by atoms with Crippen molar-refractivity contribution in [3.63, 3.8) is 0 Å². The normalized spacial score (nSPS) is 13.4. The molecular weight excluding hydrogens is 304 g/mol. The highest BCUT2D eigenvalue weighted by Crippen LogP contribution is 2.35. The van der Waals surface area contributed by atoms with Gasteiger partial charge in [-0.1, -0.05) is 57.0 Å². The van der Waals surface area contributed by atoms with E-state index in [1.54, 1.807) is 13.8 Å². The average Bonchev–Trinajstić information content (AvgIpc) is 2.59. The molecule has 0 aromatic heterocycles. The Hall–Kier alpha value is -1.84. The number of ether oxygens (including phenoxy) is 2. The molecule has 0 unspecified atom stereocenters. The fourth-order valence-corrected chi connectivity index (χ4v) is 3.06. The minimum Gasteiger partial charge on any atom is -0.465 e. The Kier molecular flexibility index (Phi) is 9.13. The molecule has 0 aliphatic carbocycles. The Morgan fingerprint density at radius 1 is 0.958 bits per heavy atom. The van der Waals surface area contributed by atoms with Crippen LogP contribution >= 0.6 is 0 Å². The van der Waals surface area contributed by atoms with Crippen molar-refractivity contribution in [2.24, 2.45) is 11.8 Å². The highest BCUT2D eigenvalue weighted by atomic mass is 16.6. The summed E-state index contributed by atoms with van der Waals surface area (Å²) in [6.07, 6.45) is 2.75. The van der Waals surface area contributed by atoms with Crippen LogP contribution in [0.5, 0.6) is 0 Å². The van der Waals surface area contributed by atoms with Gasteiger partial charge in [-0.05, 0) is 37.7 Å². The first-order valence-corrected chi connectivity index (χ1v) is 8.94. The number of hydrogen-bond donors (Lipinski definition) is 0. The fraction of sp³-hybridized carbons (Fsp3) is 0.600. The topological polar surface area (TPSA) is 52.6 Å². The van der Waals surface area contributed by atoms with Crippen molar-refractivity contribution in [3.05, 3.63) is 35.9 Å². The van der Waals surface area contributed by atoms with Gasteiger partial charge in [-0.15, -0.1) is 0 Å². The van der Waals surface area contributed by atoms with Crippen LogP contribution in [0.1, 0.15) is 58.4 Å². The third-order valence-corrected chi connectivity index (χ3v) is 4.37. The summed E-state index contributed by atoms with van der Waals surface area (Å²) < 4.78 is 10.4. The molecule has 0 aliphatic heterocycles. The van der Waals surface area contributed by atoms with Crippen molar-refractivity contribution < 1.29 is 19.1 Å². The van der Waals surface area contributed by atoms with Gasteiger partial charge in [0.25, 0.3) is 0 Å². The van der Waals surface area contributed by atoms with Crippen molar-refractivity contribution in [1.29, 1.82) is 0 Å². The van der Waals surface area contributed by atoms with E-state index in [-0.39, 0.29) is 25.0 Å². The highest BCUT2D eigenvalue weighted by molar-refractivity contribution is 5.95. The molecule has 0 N–H and O–H groups in total. The zero-order valence-electron chi connectivity index (χ0n) is 15.3. The van der Waals surface area contributed by atoms with E-state index in [0.29, 0.717) is 0 Å². The number of carbonyl (C=O) groups excluding carboxylic acids is 2. The molecule has 0 bridgehead atoms. The summed E-state index contributed by atoms with van der Waals surface area (Å²) in [7, 11) is 0. The van der Waals surface area contributed by atoms with Gasteiger partial charge < -0.3 is 9.47 Å². The lowest BCUT2D eigenvalue weighted by atomic mass is 9.76. The number of benzene rings is 1. The molecule has 0 saturated heterocycles. The Balaban J connectivity index is 3.14. The Bertz CT molecular complexity index is 480. The average molecular weight is 334 g/mol. The van der Waals surface area contributed by atoms with Crippen LogP contribution in [0.4, 0.5) is 0 Å². The molecule has 1 aromatic carbocycles. The van der Waals surface area contributed by atoms with Crippen molar-refractivity contribution in [1.82, 2.24) is 0 Å². The lowest BCUT2D eigenvalue weighted by Gasteiger charge is -2.29. The van der Waals surface area contributed by atoms with Crippen LogP contribution in [0.15, 0.2) is 30.3 Å². The molecule has 0 amide bonds. The molecule has 0 saturated carbocycles. The smallest absolute Gasteiger partial charge is 0.320 e. The Morgan fingerprint density at radius 3 is 1.96 bits per heavy atom. The molecule has 0 spiro atoms. The Morgan fingerprint density at radius 2 is 1.50 bits per heavy atom. The maximum absolute atomic E-state index is 12.5. The molecular formula is C20H30O4. The molecule has 0 radical (unpaired) electrons. The van der Waals surface area contributed by atoms with E-state index in [0.717, 1.165) is 24.8 Å². The van der Waals surface area contributed by atoms with Crippen LogP contribution in [0.3, 0.4) is 0 Å². The summed E-state index contributed by atoms with van der Waals surface area (Å²) in [6, 6.07) is 10.00. The molecule has 134 valence electrons. The first-order chi connectivity index (χ1) is 11.6. The van der Waals surface area contributed by atoms with Crippen LogP contribution in [0.25, 0.3) is 0 Å². The standard InChI is InChI=1S/C20H30O4/c1-5-8-14-17(15(4)16-12-10-9-11-13-16)18(19(21)23-6-2)20(22)24-7-3/h9-13,15,17-18H,5-8,14H2,1-4H3/t15-,17-/m1/s1. The van der Waals surface area contributed by atoms with Gasteiger partial charge >= 0.3 is 11.9 Å². The van der Waals surface area contributed by atoms with Crippen LogP contribution < -0.4 is 0 Å². The maximum atomic E-state index is 12.5. The predicted octanol–water partition coefficient (Wildman–Crippen LogP) is 4.34. The Labute approximate surface area is 145 Å². The zero-order chi connectivity index (χ0) is 17.9. The second-order valence-corrected chi connectivity index (χ2v) is 5.99. The van der Waals surface area contributed by atoms with Gasteiger partial charge in [0.05, 0.1) is 13.2 Å². The summed E-state index contributed by atoms with van der Waals surface area (Å²) in [5.74, 6) is -1.88. The second kappa shape index (κ2) is 10.8. The first-order valence-electron chi connectivity index (χ1n) is 8.94. The summed E-state index contributed by atoms with van der Waals surface area (Å²) in [4.78, 5) is 25.0. The van der Waals surface area contributed by atoms with Gasteiger partial charge in [0.1, 0.15) is 0 Å². The number of unbranched alkanes of at least 4 members (excludes halogenated alkanes) is 1. The van der Waals surface area contributed by atoms with Gasteiger partial charge in [0.2, 0.25) is 0 Å². The van der Waals surface area contributed by atoms with Crippen molar-refractivity contribution in [2.75, 3.05) is 13.2 Å². The molecule has 4 heteroatoms. The summed E-state index contributed by atoms with van der Waals surface area (Å²) >= 11 is 0. The third-order valence-electron chi connectivity index (χ3n) is 4.37. The second-order valence-electron chi connectivity index (χ2n) is 5.99. The zero-order valence-corrected chi connectivity index (χ0v) is 15.3. The molecule has 24 heavy (non-hydrogen) atoms. The van der Waals surface area contributed by atoms with E-state index in [1.807, 2.05) is 30.3 Å². The fourth-order valence-electron chi connectivity index (χ4n) is 3.06. The van der Waals surface area contributed by atoms with E-state index < -0.39 is 17.9 Å². The van der Waals surface area contributed by atoms with Gasteiger partial charge in [-0.25, -0.2) is 0 Å². The van der Waals surface area contributed by atoms with E-state index in [9.17, 15) is 9.59 Å². The summed E-state index contributed by atoms with van der Waals surface area (Å²) in [5, 5.41) is 0. The van der Waals surface area contributed by atoms with Gasteiger partial charge in [-0.2, -0.15) is 0 Å². The summed E-state index contributed by atoms with van der Waals surface area (Å²) in [5.41, 5.74) is 1.12. The maximum Gasteiger partial charge on any atom is 0.320 e. The number of rotatable bonds is 10. The molecule has 1 aromatic rings. The van der Waals surface area contributed by atoms with Gasteiger partial charge in [0.15, 0.2) is 5.92 Å². The molecule has 0 fully saturated rings. The minimum atomic E-state index is -0.869. The molecule has 4 nitrogen and oxygen atoms in total. The quantitative estimate of drug-likeness (QED) is 0.472. The first kappa shape index (κ1) is 20.2. The van der Waals surface area contributed by atoms with Crippen molar-refractivity contribution in [3.8, 4) is 0 Å². The third kappa shape index (κ3) is 5.66. The van der Waals surface area contributed by atoms with E-state index in [4.69, 9.17) is 9.47 Å². The molecule has 1 rings (SSSR count). The van der Waals surface area contributed by atoms with Crippen LogP contribution in [0, 0.1) is 11.8 Å².